The average molecular weight is 465 g/mol. The zero-order chi connectivity index (χ0) is 23.4. The van der Waals surface area contributed by atoms with E-state index in [1.807, 2.05) is 68.4 Å². The van der Waals surface area contributed by atoms with Crippen molar-refractivity contribution in [2.24, 2.45) is 0 Å². The molecule has 2 N–H and O–H groups in total. The first kappa shape index (κ1) is 23.2. The van der Waals surface area contributed by atoms with Gasteiger partial charge >= 0.3 is 6.03 Å². The molecule has 0 aliphatic heterocycles. The molecule has 1 aliphatic rings. The van der Waals surface area contributed by atoms with Crippen LogP contribution in [0.25, 0.3) is 10.9 Å². The number of hydrogen-bond donors (Lipinski definition) is 3. The maximum atomic E-state index is 12.6. The molecule has 2 aromatic carbocycles. The van der Waals surface area contributed by atoms with Gasteiger partial charge in [0.2, 0.25) is 5.95 Å². The smallest absolute Gasteiger partial charge is 0.327 e. The molecule has 0 spiro atoms. The zero-order valence-corrected chi connectivity index (χ0v) is 20.3. The number of para-hydroxylation sites is 1. The summed E-state index contributed by atoms with van der Waals surface area (Å²) >= 11 is 4.51. The number of carbonyl (C=O) groups is 1. The monoisotopic (exact) mass is 464 g/mol. The van der Waals surface area contributed by atoms with Crippen molar-refractivity contribution in [2.75, 3.05) is 24.3 Å². The van der Waals surface area contributed by atoms with Crippen molar-refractivity contribution in [1.82, 2.24) is 19.6 Å². The number of nitrogens with zero attached hydrogens (tertiary/aromatic N) is 4. The molecule has 0 unspecified atom stereocenters. The number of thiol groups is 1. The van der Waals surface area contributed by atoms with Crippen molar-refractivity contribution < 1.29 is 4.79 Å². The van der Waals surface area contributed by atoms with Crippen LogP contribution in [0.15, 0.2) is 48.5 Å². The third-order valence-corrected chi connectivity index (χ3v) is 6.63. The van der Waals surface area contributed by atoms with Crippen molar-refractivity contribution >= 4 is 41.5 Å². The second-order valence-electron chi connectivity index (χ2n) is 8.92. The van der Waals surface area contributed by atoms with E-state index in [0.29, 0.717) is 12.5 Å². The third kappa shape index (κ3) is 5.68. The minimum Gasteiger partial charge on any atom is -0.362 e. The fraction of sp³-hybridized carbons (Fsp3) is 0.400. The number of benzene rings is 2. The Kier molecular flexibility index (Phi) is 7.23. The van der Waals surface area contributed by atoms with E-state index in [-0.39, 0.29) is 18.1 Å². The van der Waals surface area contributed by atoms with Crippen LogP contribution in [-0.2, 0) is 6.54 Å². The molecule has 1 aromatic heterocycles. The summed E-state index contributed by atoms with van der Waals surface area (Å²) in [6, 6.07) is 16.4. The SMILES string of the molecule is Cc1cccc(CNC(=O)N(S)C2CCC(Nc3nc(N(C)C)c4ccccc4n3)CC2)c1. The molecule has 1 fully saturated rings. The number of carbonyl (C=O) groups excluding carboxylic acids is 1. The highest BCUT2D eigenvalue weighted by molar-refractivity contribution is 7.78. The lowest BCUT2D eigenvalue weighted by atomic mass is 9.91. The minimum atomic E-state index is -0.148. The Balaban J connectivity index is 1.32. The van der Waals surface area contributed by atoms with E-state index >= 15 is 0 Å². The predicted octanol–water partition coefficient (Wildman–Crippen LogP) is 4.78. The highest BCUT2D eigenvalue weighted by Gasteiger charge is 2.28. The van der Waals surface area contributed by atoms with Crippen LogP contribution in [-0.4, -0.2) is 46.5 Å². The Labute approximate surface area is 201 Å². The van der Waals surface area contributed by atoms with Crippen LogP contribution in [0.2, 0.25) is 0 Å². The summed E-state index contributed by atoms with van der Waals surface area (Å²) in [5, 5.41) is 7.54. The van der Waals surface area contributed by atoms with E-state index in [4.69, 9.17) is 9.97 Å². The fourth-order valence-electron chi connectivity index (χ4n) is 4.36. The van der Waals surface area contributed by atoms with Crippen LogP contribution in [0.5, 0.6) is 0 Å². The van der Waals surface area contributed by atoms with Gasteiger partial charge in [-0.05, 0) is 50.3 Å². The number of nitrogens with one attached hydrogen (secondary N) is 2. The maximum absolute atomic E-state index is 12.6. The lowest BCUT2D eigenvalue weighted by Gasteiger charge is -2.34. The largest absolute Gasteiger partial charge is 0.362 e. The first-order valence-electron chi connectivity index (χ1n) is 11.4. The van der Waals surface area contributed by atoms with E-state index in [2.05, 4.69) is 29.5 Å². The van der Waals surface area contributed by atoms with Crippen molar-refractivity contribution in [1.29, 1.82) is 0 Å². The topological polar surface area (TPSA) is 73.4 Å². The quantitative estimate of drug-likeness (QED) is 0.458. The molecule has 0 radical (unpaired) electrons. The zero-order valence-electron chi connectivity index (χ0n) is 19.5. The second kappa shape index (κ2) is 10.3. The lowest BCUT2D eigenvalue weighted by Crippen LogP contribution is -2.43. The summed E-state index contributed by atoms with van der Waals surface area (Å²) in [5.74, 6) is 1.56. The van der Waals surface area contributed by atoms with E-state index in [1.54, 1.807) is 4.31 Å². The Hall–Kier alpha value is -3.00. The molecular formula is C25H32N6OS. The normalized spacial score (nSPS) is 18.1. The van der Waals surface area contributed by atoms with Gasteiger partial charge in [0.1, 0.15) is 5.82 Å². The molecule has 8 heteroatoms. The van der Waals surface area contributed by atoms with Crippen molar-refractivity contribution in [3.05, 3.63) is 59.7 Å². The number of aryl methyl sites for hydroxylation is 1. The van der Waals surface area contributed by atoms with Crippen LogP contribution in [0.1, 0.15) is 36.8 Å². The predicted molar refractivity (Wildman–Crippen MR) is 138 cm³/mol. The van der Waals surface area contributed by atoms with E-state index in [9.17, 15) is 4.79 Å². The van der Waals surface area contributed by atoms with Gasteiger partial charge in [0.25, 0.3) is 0 Å². The number of fused-ring (bicyclic) bond motifs is 1. The number of aromatic nitrogens is 2. The summed E-state index contributed by atoms with van der Waals surface area (Å²) in [5.41, 5.74) is 3.20. The van der Waals surface area contributed by atoms with E-state index < -0.39 is 0 Å². The summed E-state index contributed by atoms with van der Waals surface area (Å²) in [6.45, 7) is 2.55. The number of urea groups is 1. The molecule has 0 atom stereocenters. The van der Waals surface area contributed by atoms with Gasteiger partial charge < -0.3 is 15.5 Å². The highest BCUT2D eigenvalue weighted by atomic mass is 32.1. The molecule has 3 aromatic rings. The van der Waals surface area contributed by atoms with Crippen LogP contribution in [0.3, 0.4) is 0 Å². The second-order valence-corrected chi connectivity index (χ2v) is 9.36. The molecule has 1 saturated carbocycles. The molecule has 4 rings (SSSR count). The molecule has 2 amide bonds. The van der Waals surface area contributed by atoms with Gasteiger partial charge in [0, 0.05) is 38.1 Å². The Bertz CT molecular complexity index is 1110. The maximum Gasteiger partial charge on any atom is 0.327 e. The first-order valence-corrected chi connectivity index (χ1v) is 11.8. The molecule has 0 bridgehead atoms. The average Bonchev–Trinajstić information content (AvgIpc) is 2.82. The summed E-state index contributed by atoms with van der Waals surface area (Å²) in [6.07, 6.45) is 3.63. The van der Waals surface area contributed by atoms with Crippen molar-refractivity contribution in [2.45, 2.75) is 51.2 Å². The van der Waals surface area contributed by atoms with Crippen LogP contribution < -0.4 is 15.5 Å². The molecule has 174 valence electrons. The van der Waals surface area contributed by atoms with Crippen molar-refractivity contribution in [3.8, 4) is 0 Å². The van der Waals surface area contributed by atoms with Crippen LogP contribution in [0.4, 0.5) is 16.6 Å². The van der Waals surface area contributed by atoms with E-state index in [1.165, 1.54) is 5.56 Å². The molecule has 7 nitrogen and oxygen atoms in total. The molecule has 1 heterocycles. The highest BCUT2D eigenvalue weighted by Crippen LogP contribution is 2.28. The molecule has 33 heavy (non-hydrogen) atoms. The Morgan fingerprint density at radius 1 is 1.06 bits per heavy atom. The number of rotatable bonds is 6. The number of anilines is 2. The lowest BCUT2D eigenvalue weighted by molar-refractivity contribution is 0.204. The van der Waals surface area contributed by atoms with Gasteiger partial charge in [-0.2, -0.15) is 4.98 Å². The standard InChI is InChI=1S/C25H32N6OS/c1-17-7-6-8-18(15-17)16-26-25(32)31(33)20-13-11-19(12-14-20)27-24-28-22-10-5-4-9-21(22)23(29-24)30(2)3/h4-10,15,19-20,33H,11-14,16H2,1-3H3,(H,26,32)(H,27,28,29). The van der Waals surface area contributed by atoms with Gasteiger partial charge in [-0.3, -0.25) is 4.31 Å². The minimum absolute atomic E-state index is 0.110. The first-order chi connectivity index (χ1) is 15.9. The van der Waals surface area contributed by atoms with Gasteiger partial charge in [0.15, 0.2) is 0 Å². The molecule has 0 saturated heterocycles. The third-order valence-electron chi connectivity index (χ3n) is 6.12. The molecular weight excluding hydrogens is 432 g/mol. The fourth-order valence-corrected chi connectivity index (χ4v) is 4.66. The Morgan fingerprint density at radius 2 is 1.82 bits per heavy atom. The van der Waals surface area contributed by atoms with Gasteiger partial charge in [-0.25, -0.2) is 9.78 Å². The summed E-state index contributed by atoms with van der Waals surface area (Å²) < 4.78 is 1.56. The van der Waals surface area contributed by atoms with Crippen LogP contribution in [0, 0.1) is 6.92 Å². The number of hydrogen-bond acceptors (Lipinski definition) is 6. The van der Waals surface area contributed by atoms with Gasteiger partial charge in [0.05, 0.1) is 5.52 Å². The van der Waals surface area contributed by atoms with E-state index in [0.717, 1.165) is 48.0 Å². The van der Waals surface area contributed by atoms with Gasteiger partial charge in [-0.1, -0.05) is 54.8 Å². The van der Waals surface area contributed by atoms with Crippen LogP contribution >= 0.6 is 12.8 Å². The summed E-state index contributed by atoms with van der Waals surface area (Å²) in [7, 11) is 3.99. The molecule has 1 aliphatic carbocycles. The summed E-state index contributed by atoms with van der Waals surface area (Å²) in [4.78, 5) is 24.1. The van der Waals surface area contributed by atoms with Crippen molar-refractivity contribution in [3.63, 3.8) is 0 Å². The Morgan fingerprint density at radius 3 is 2.55 bits per heavy atom. The number of amides is 2. The van der Waals surface area contributed by atoms with Gasteiger partial charge in [-0.15, -0.1) is 0 Å².